The molecular weight excluding hydrogens is 242 g/mol. The number of methoxy groups -OCH3 is 2. The van der Waals surface area contributed by atoms with E-state index < -0.39 is 0 Å². The van der Waals surface area contributed by atoms with Crippen molar-refractivity contribution in [1.29, 1.82) is 0 Å². The van der Waals surface area contributed by atoms with Crippen LogP contribution in [0.5, 0.6) is 11.5 Å². The number of ketones is 1. The zero-order valence-corrected chi connectivity index (χ0v) is 12.2. The molecule has 0 bridgehead atoms. The molecule has 1 rings (SSSR count). The summed E-state index contributed by atoms with van der Waals surface area (Å²) in [5, 5.41) is 0. The van der Waals surface area contributed by atoms with Crippen molar-refractivity contribution in [3.05, 3.63) is 23.8 Å². The first-order chi connectivity index (χ1) is 9.06. The van der Waals surface area contributed by atoms with Crippen molar-refractivity contribution in [3.8, 4) is 11.5 Å². The van der Waals surface area contributed by atoms with Gasteiger partial charge in [0.15, 0.2) is 11.5 Å². The third-order valence-electron chi connectivity index (χ3n) is 3.08. The van der Waals surface area contributed by atoms with Gasteiger partial charge in [-0.25, -0.2) is 0 Å². The van der Waals surface area contributed by atoms with Crippen molar-refractivity contribution in [2.75, 3.05) is 34.4 Å². The number of benzene rings is 1. The van der Waals surface area contributed by atoms with Crippen LogP contribution in [0.1, 0.15) is 18.9 Å². The van der Waals surface area contributed by atoms with Crippen molar-refractivity contribution in [1.82, 2.24) is 4.90 Å². The van der Waals surface area contributed by atoms with Gasteiger partial charge in [0.2, 0.25) is 0 Å². The van der Waals surface area contributed by atoms with Gasteiger partial charge in [0.1, 0.15) is 5.78 Å². The molecule has 0 unspecified atom stereocenters. The van der Waals surface area contributed by atoms with Gasteiger partial charge in [-0.05, 0) is 38.1 Å². The number of ether oxygens (including phenoxy) is 2. The molecule has 0 N–H and O–H groups in total. The molecule has 19 heavy (non-hydrogen) atoms. The third kappa shape index (κ3) is 5.30. The van der Waals surface area contributed by atoms with Gasteiger partial charge in [-0.2, -0.15) is 0 Å². The van der Waals surface area contributed by atoms with Gasteiger partial charge in [-0.1, -0.05) is 6.07 Å². The molecule has 0 aromatic heterocycles. The summed E-state index contributed by atoms with van der Waals surface area (Å²) in [5.41, 5.74) is 1.20. The smallest absolute Gasteiger partial charge is 0.160 e. The van der Waals surface area contributed by atoms with Gasteiger partial charge < -0.3 is 14.4 Å². The van der Waals surface area contributed by atoms with Crippen molar-refractivity contribution < 1.29 is 14.3 Å². The first-order valence-corrected chi connectivity index (χ1v) is 6.45. The molecule has 0 spiro atoms. The van der Waals surface area contributed by atoms with Crippen LogP contribution in [0.3, 0.4) is 0 Å². The van der Waals surface area contributed by atoms with Gasteiger partial charge in [-0.15, -0.1) is 0 Å². The van der Waals surface area contributed by atoms with E-state index in [1.807, 2.05) is 25.2 Å². The Balaban J connectivity index is 2.51. The lowest BCUT2D eigenvalue weighted by molar-refractivity contribution is -0.117. The van der Waals surface area contributed by atoms with Gasteiger partial charge >= 0.3 is 0 Å². The van der Waals surface area contributed by atoms with E-state index >= 15 is 0 Å². The van der Waals surface area contributed by atoms with E-state index in [1.165, 1.54) is 5.56 Å². The first-order valence-electron chi connectivity index (χ1n) is 6.45. The molecule has 0 aliphatic heterocycles. The second-order valence-corrected chi connectivity index (χ2v) is 4.69. The van der Waals surface area contributed by atoms with Crippen LogP contribution in [-0.2, 0) is 11.2 Å². The lowest BCUT2D eigenvalue weighted by Crippen LogP contribution is -2.23. The molecule has 0 atom stereocenters. The van der Waals surface area contributed by atoms with Gasteiger partial charge in [-0.3, -0.25) is 4.79 Å². The van der Waals surface area contributed by atoms with Crippen LogP contribution in [0.25, 0.3) is 0 Å². The average molecular weight is 265 g/mol. The van der Waals surface area contributed by atoms with Gasteiger partial charge in [0.05, 0.1) is 14.2 Å². The fourth-order valence-corrected chi connectivity index (χ4v) is 1.82. The fraction of sp³-hybridized carbons (Fsp3) is 0.533. The molecule has 0 amide bonds. The quantitative estimate of drug-likeness (QED) is 0.722. The SMILES string of the molecule is COc1ccc(CCN(C)CCC(C)=O)cc1OC. The molecule has 0 fully saturated rings. The molecule has 4 nitrogen and oxygen atoms in total. The number of carbonyl (C=O) groups excluding carboxylic acids is 1. The first kappa shape index (κ1) is 15.5. The van der Waals surface area contributed by atoms with E-state index in [9.17, 15) is 4.79 Å². The predicted octanol–water partition coefficient (Wildman–Crippen LogP) is 2.16. The summed E-state index contributed by atoms with van der Waals surface area (Å²) in [7, 11) is 5.30. The molecule has 0 radical (unpaired) electrons. The molecule has 106 valence electrons. The predicted molar refractivity (Wildman–Crippen MR) is 76.0 cm³/mol. The highest BCUT2D eigenvalue weighted by molar-refractivity contribution is 5.75. The molecule has 0 saturated heterocycles. The Morgan fingerprint density at radius 1 is 1.16 bits per heavy atom. The number of hydrogen-bond donors (Lipinski definition) is 0. The Labute approximate surface area is 115 Å². The minimum Gasteiger partial charge on any atom is -0.493 e. The van der Waals surface area contributed by atoms with Crippen molar-refractivity contribution in [2.24, 2.45) is 0 Å². The molecular formula is C15H23NO3. The lowest BCUT2D eigenvalue weighted by Gasteiger charge is -2.16. The Hall–Kier alpha value is -1.55. The van der Waals surface area contributed by atoms with E-state index in [2.05, 4.69) is 4.90 Å². The maximum atomic E-state index is 10.9. The van der Waals surface area contributed by atoms with E-state index in [1.54, 1.807) is 21.1 Å². The number of likely N-dealkylation sites (N-methyl/N-ethyl adjacent to an activating group) is 1. The summed E-state index contributed by atoms with van der Waals surface area (Å²) in [5.74, 6) is 1.74. The van der Waals surface area contributed by atoms with Crippen molar-refractivity contribution >= 4 is 5.78 Å². The third-order valence-corrected chi connectivity index (χ3v) is 3.08. The molecule has 1 aromatic carbocycles. The topological polar surface area (TPSA) is 38.8 Å². The molecule has 0 saturated carbocycles. The van der Waals surface area contributed by atoms with Crippen LogP contribution in [-0.4, -0.2) is 45.0 Å². The highest BCUT2D eigenvalue weighted by Gasteiger charge is 2.06. The Bertz CT molecular complexity index is 418. The molecule has 0 aliphatic carbocycles. The largest absolute Gasteiger partial charge is 0.493 e. The van der Waals surface area contributed by atoms with Crippen molar-refractivity contribution in [2.45, 2.75) is 19.8 Å². The minimum atomic E-state index is 0.234. The van der Waals surface area contributed by atoms with E-state index in [0.717, 1.165) is 31.0 Å². The van der Waals surface area contributed by atoms with E-state index in [4.69, 9.17) is 9.47 Å². The van der Waals surface area contributed by atoms with E-state index in [-0.39, 0.29) is 5.78 Å². The van der Waals surface area contributed by atoms with Crippen LogP contribution >= 0.6 is 0 Å². The average Bonchev–Trinajstić information content (AvgIpc) is 2.42. The second kappa shape index (κ2) is 7.79. The number of rotatable bonds is 8. The van der Waals surface area contributed by atoms with Crippen LogP contribution < -0.4 is 9.47 Å². The molecule has 4 heteroatoms. The highest BCUT2D eigenvalue weighted by atomic mass is 16.5. The molecule has 1 aromatic rings. The second-order valence-electron chi connectivity index (χ2n) is 4.69. The number of Topliss-reactive ketones (excluding diaryl/α,β-unsaturated/α-hetero) is 1. The summed E-state index contributed by atoms with van der Waals surface area (Å²) < 4.78 is 10.5. The number of nitrogens with zero attached hydrogens (tertiary/aromatic N) is 1. The van der Waals surface area contributed by atoms with Gasteiger partial charge in [0, 0.05) is 19.5 Å². The zero-order valence-electron chi connectivity index (χ0n) is 12.2. The minimum absolute atomic E-state index is 0.234. The number of carbonyl (C=O) groups is 1. The fourth-order valence-electron chi connectivity index (χ4n) is 1.82. The lowest BCUT2D eigenvalue weighted by atomic mass is 10.1. The van der Waals surface area contributed by atoms with Crippen molar-refractivity contribution in [3.63, 3.8) is 0 Å². The summed E-state index contributed by atoms with van der Waals surface area (Å²) in [4.78, 5) is 13.1. The van der Waals surface area contributed by atoms with Crippen LogP contribution in [0.2, 0.25) is 0 Å². The monoisotopic (exact) mass is 265 g/mol. The molecule has 0 aliphatic rings. The number of hydrogen-bond acceptors (Lipinski definition) is 4. The Kier molecular flexibility index (Phi) is 6.36. The van der Waals surface area contributed by atoms with E-state index in [0.29, 0.717) is 6.42 Å². The van der Waals surface area contributed by atoms with Crippen LogP contribution in [0, 0.1) is 0 Å². The Morgan fingerprint density at radius 3 is 2.42 bits per heavy atom. The van der Waals surface area contributed by atoms with Gasteiger partial charge in [0.25, 0.3) is 0 Å². The maximum absolute atomic E-state index is 10.9. The summed E-state index contributed by atoms with van der Waals surface area (Å²) in [6.45, 7) is 3.35. The molecule has 0 heterocycles. The van der Waals surface area contributed by atoms with Crippen LogP contribution in [0.15, 0.2) is 18.2 Å². The summed E-state index contributed by atoms with van der Waals surface area (Å²) in [6.07, 6.45) is 1.54. The standard InChI is InChI=1S/C15H23NO3/c1-12(17)7-9-16(2)10-8-13-5-6-14(18-3)15(11-13)19-4/h5-6,11H,7-10H2,1-4H3. The van der Waals surface area contributed by atoms with Crippen LogP contribution in [0.4, 0.5) is 0 Å². The summed E-state index contributed by atoms with van der Waals surface area (Å²) >= 11 is 0. The summed E-state index contributed by atoms with van der Waals surface area (Å²) in [6, 6.07) is 5.96. The normalized spacial score (nSPS) is 10.6. The Morgan fingerprint density at radius 2 is 1.84 bits per heavy atom. The highest BCUT2D eigenvalue weighted by Crippen LogP contribution is 2.27. The zero-order chi connectivity index (χ0) is 14.3. The maximum Gasteiger partial charge on any atom is 0.160 e.